The van der Waals surface area contributed by atoms with Gasteiger partial charge in [-0.1, -0.05) is 20.8 Å². The van der Waals surface area contributed by atoms with Crippen LogP contribution in [-0.2, 0) is 0 Å². The van der Waals surface area contributed by atoms with Crippen molar-refractivity contribution < 1.29 is 9.90 Å². The first-order valence-electron chi connectivity index (χ1n) is 6.68. The summed E-state index contributed by atoms with van der Waals surface area (Å²) in [5, 5.41) is 8.82. The summed E-state index contributed by atoms with van der Waals surface area (Å²) in [7, 11) is 0. The van der Waals surface area contributed by atoms with Gasteiger partial charge in [-0.25, -0.2) is 14.8 Å². The molecule has 0 saturated carbocycles. The van der Waals surface area contributed by atoms with Crippen molar-refractivity contribution in [2.45, 2.75) is 33.6 Å². The first kappa shape index (κ1) is 13.8. The molecule has 0 aliphatic carbocycles. The van der Waals surface area contributed by atoms with Gasteiger partial charge >= 0.3 is 5.97 Å². The van der Waals surface area contributed by atoms with Gasteiger partial charge in [0.05, 0.1) is 12.4 Å². The number of rotatable bonds is 2. The van der Waals surface area contributed by atoms with Crippen LogP contribution in [0, 0.1) is 11.3 Å². The Morgan fingerprint density at radius 2 is 2.11 bits per heavy atom. The number of hydrogen-bond donors (Lipinski definition) is 1. The number of hydrogen-bond acceptors (Lipinski definition) is 4. The smallest absolute Gasteiger partial charge is 0.356 e. The van der Waals surface area contributed by atoms with Gasteiger partial charge in [-0.15, -0.1) is 0 Å². The highest BCUT2D eigenvalue weighted by molar-refractivity contribution is 5.84. The minimum Gasteiger partial charge on any atom is -0.476 e. The van der Waals surface area contributed by atoms with Gasteiger partial charge in [0.15, 0.2) is 5.69 Å². The molecule has 1 N–H and O–H groups in total. The largest absolute Gasteiger partial charge is 0.476 e. The summed E-state index contributed by atoms with van der Waals surface area (Å²) >= 11 is 0. The molecule has 2 heterocycles. The monoisotopic (exact) mass is 263 g/mol. The summed E-state index contributed by atoms with van der Waals surface area (Å²) < 4.78 is 0. The second-order valence-electron chi connectivity index (χ2n) is 6.22. The molecule has 1 fully saturated rings. The number of anilines is 1. The number of aromatic nitrogens is 2. The van der Waals surface area contributed by atoms with Gasteiger partial charge < -0.3 is 10.0 Å². The summed E-state index contributed by atoms with van der Waals surface area (Å²) in [5.41, 5.74) is 0.278. The number of carboxylic acids is 1. The van der Waals surface area contributed by atoms with Crippen LogP contribution < -0.4 is 4.90 Å². The Hall–Kier alpha value is -1.65. The van der Waals surface area contributed by atoms with Crippen molar-refractivity contribution in [1.82, 2.24) is 9.97 Å². The van der Waals surface area contributed by atoms with Crippen LogP contribution in [0.1, 0.15) is 44.1 Å². The number of piperidine rings is 1. The lowest BCUT2D eigenvalue weighted by molar-refractivity contribution is 0.0690. The first-order valence-corrected chi connectivity index (χ1v) is 6.68. The summed E-state index contributed by atoms with van der Waals surface area (Å²) in [6, 6.07) is 0. The van der Waals surface area contributed by atoms with Crippen LogP contribution in [0.2, 0.25) is 0 Å². The molecular weight excluding hydrogens is 242 g/mol. The van der Waals surface area contributed by atoms with E-state index < -0.39 is 5.97 Å². The Morgan fingerprint density at radius 3 is 2.63 bits per heavy atom. The number of nitrogens with zero attached hydrogens (tertiary/aromatic N) is 3. The highest BCUT2D eigenvalue weighted by Gasteiger charge is 2.30. The molecule has 0 aromatic carbocycles. The van der Waals surface area contributed by atoms with Gasteiger partial charge in [-0.2, -0.15) is 0 Å². The molecule has 5 nitrogen and oxygen atoms in total. The quantitative estimate of drug-likeness (QED) is 0.887. The fraction of sp³-hybridized carbons (Fsp3) is 0.643. The predicted octanol–water partition coefficient (Wildman–Crippen LogP) is 2.44. The van der Waals surface area contributed by atoms with E-state index in [-0.39, 0.29) is 11.1 Å². The Bertz CT molecular complexity index is 451. The standard InChI is InChI=1S/C14H21N3O2/c1-14(2,3)10-5-4-6-17(9-10)12-8-15-11(7-16-12)13(18)19/h7-8,10H,4-6,9H2,1-3H3,(H,18,19). The summed E-state index contributed by atoms with van der Waals surface area (Å²) in [5.74, 6) is 0.367. The number of carbonyl (C=O) groups is 1. The predicted molar refractivity (Wildman–Crippen MR) is 73.4 cm³/mol. The molecule has 0 spiro atoms. The van der Waals surface area contributed by atoms with Crippen LogP contribution in [0.15, 0.2) is 12.4 Å². The van der Waals surface area contributed by atoms with Gasteiger partial charge in [0.25, 0.3) is 0 Å². The van der Waals surface area contributed by atoms with Crippen LogP contribution in [0.25, 0.3) is 0 Å². The van der Waals surface area contributed by atoms with Crippen molar-refractivity contribution in [3.8, 4) is 0 Å². The fourth-order valence-corrected chi connectivity index (χ4v) is 2.49. The van der Waals surface area contributed by atoms with Crippen molar-refractivity contribution >= 4 is 11.8 Å². The van der Waals surface area contributed by atoms with E-state index in [1.165, 1.54) is 12.6 Å². The Morgan fingerprint density at radius 1 is 1.37 bits per heavy atom. The number of carboxylic acid groups (broad SMARTS) is 1. The molecule has 1 aromatic rings. The van der Waals surface area contributed by atoms with E-state index in [1.54, 1.807) is 6.20 Å². The van der Waals surface area contributed by atoms with Crippen LogP contribution in [0.4, 0.5) is 5.82 Å². The number of aromatic carboxylic acids is 1. The van der Waals surface area contributed by atoms with Crippen LogP contribution in [0.3, 0.4) is 0 Å². The maximum Gasteiger partial charge on any atom is 0.356 e. The van der Waals surface area contributed by atoms with E-state index >= 15 is 0 Å². The third-order valence-corrected chi connectivity index (χ3v) is 3.83. The third-order valence-electron chi connectivity index (χ3n) is 3.83. The normalized spacial score (nSPS) is 20.4. The molecule has 1 aliphatic heterocycles. The molecule has 1 aliphatic rings. The van der Waals surface area contributed by atoms with Gasteiger partial charge in [0.1, 0.15) is 5.82 Å². The lowest BCUT2D eigenvalue weighted by Crippen LogP contribution is -2.41. The SMILES string of the molecule is CC(C)(C)C1CCCN(c2cnc(C(=O)O)cn2)C1. The molecule has 1 aromatic heterocycles. The van der Waals surface area contributed by atoms with Crippen LogP contribution in [0.5, 0.6) is 0 Å². The molecular formula is C14H21N3O2. The van der Waals surface area contributed by atoms with E-state index in [9.17, 15) is 4.79 Å². The molecule has 2 rings (SSSR count). The van der Waals surface area contributed by atoms with Crippen molar-refractivity contribution in [1.29, 1.82) is 0 Å². The average molecular weight is 263 g/mol. The lowest BCUT2D eigenvalue weighted by atomic mass is 9.76. The van der Waals surface area contributed by atoms with E-state index in [2.05, 4.69) is 35.6 Å². The molecule has 0 radical (unpaired) electrons. The van der Waals surface area contributed by atoms with Gasteiger partial charge in [0, 0.05) is 13.1 Å². The van der Waals surface area contributed by atoms with Gasteiger partial charge in [0.2, 0.25) is 0 Å². The topological polar surface area (TPSA) is 66.3 Å². The molecule has 0 bridgehead atoms. The Labute approximate surface area is 113 Å². The maximum absolute atomic E-state index is 10.8. The third kappa shape index (κ3) is 3.22. The summed E-state index contributed by atoms with van der Waals surface area (Å²) in [6.45, 7) is 8.72. The molecule has 104 valence electrons. The zero-order valence-corrected chi connectivity index (χ0v) is 11.8. The minimum absolute atomic E-state index is 0.00636. The molecule has 0 amide bonds. The fourth-order valence-electron chi connectivity index (χ4n) is 2.49. The molecule has 19 heavy (non-hydrogen) atoms. The lowest BCUT2D eigenvalue weighted by Gasteiger charge is -2.40. The van der Waals surface area contributed by atoms with Crippen LogP contribution >= 0.6 is 0 Å². The van der Waals surface area contributed by atoms with E-state index in [0.717, 1.165) is 25.3 Å². The zero-order valence-electron chi connectivity index (χ0n) is 11.8. The highest BCUT2D eigenvalue weighted by atomic mass is 16.4. The van der Waals surface area contributed by atoms with Crippen LogP contribution in [-0.4, -0.2) is 34.1 Å². The van der Waals surface area contributed by atoms with Crippen molar-refractivity contribution in [3.63, 3.8) is 0 Å². The first-order chi connectivity index (χ1) is 8.88. The minimum atomic E-state index is -1.04. The van der Waals surface area contributed by atoms with Gasteiger partial charge in [-0.3, -0.25) is 0 Å². The van der Waals surface area contributed by atoms with Crippen molar-refractivity contribution in [3.05, 3.63) is 18.1 Å². The molecule has 1 unspecified atom stereocenters. The zero-order chi connectivity index (χ0) is 14.0. The summed E-state index contributed by atoms with van der Waals surface area (Å²) in [6.07, 6.45) is 5.28. The second-order valence-corrected chi connectivity index (χ2v) is 6.22. The molecule has 1 atom stereocenters. The van der Waals surface area contributed by atoms with Crippen molar-refractivity contribution in [2.24, 2.45) is 11.3 Å². The Kier molecular flexibility index (Phi) is 3.73. The van der Waals surface area contributed by atoms with E-state index in [1.807, 2.05) is 0 Å². The van der Waals surface area contributed by atoms with E-state index in [4.69, 9.17) is 5.11 Å². The molecule has 5 heteroatoms. The maximum atomic E-state index is 10.8. The Balaban J connectivity index is 2.11. The average Bonchev–Trinajstić information content (AvgIpc) is 2.38. The summed E-state index contributed by atoms with van der Waals surface area (Å²) in [4.78, 5) is 21.1. The van der Waals surface area contributed by atoms with E-state index in [0.29, 0.717) is 5.92 Å². The van der Waals surface area contributed by atoms with Gasteiger partial charge in [-0.05, 0) is 24.2 Å². The van der Waals surface area contributed by atoms with Crippen molar-refractivity contribution in [2.75, 3.05) is 18.0 Å². The molecule has 1 saturated heterocycles. The highest BCUT2D eigenvalue weighted by Crippen LogP contribution is 2.34. The second kappa shape index (κ2) is 5.15.